The maximum absolute atomic E-state index is 14.3. The minimum Gasteiger partial charge on any atom is -0.314 e. The fourth-order valence-corrected chi connectivity index (χ4v) is 2.96. The van der Waals surface area contributed by atoms with E-state index in [4.69, 9.17) is 0 Å². The Hall–Kier alpha value is -1.13. The van der Waals surface area contributed by atoms with Crippen LogP contribution in [0.4, 0.5) is 35.1 Å². The van der Waals surface area contributed by atoms with E-state index < -0.39 is 54.0 Å². The molecule has 0 spiro atoms. The van der Waals surface area contributed by atoms with Crippen molar-refractivity contribution in [2.45, 2.75) is 24.8 Å². The average molecular weight is 413 g/mol. The van der Waals surface area contributed by atoms with E-state index in [-0.39, 0.29) is 37.6 Å². The molecule has 0 saturated carbocycles. The number of halogens is 9. The molecular formula is C15H17ClF8N2. The second-order valence-corrected chi connectivity index (χ2v) is 5.69. The zero-order valence-corrected chi connectivity index (χ0v) is 14.2. The first kappa shape index (κ1) is 22.9. The van der Waals surface area contributed by atoms with Crippen LogP contribution in [0.3, 0.4) is 0 Å². The molecule has 0 radical (unpaired) electrons. The molecule has 2 nitrogen and oxygen atoms in total. The van der Waals surface area contributed by atoms with E-state index in [2.05, 4.69) is 5.32 Å². The van der Waals surface area contributed by atoms with Gasteiger partial charge < -0.3 is 5.32 Å². The molecule has 1 fully saturated rings. The summed E-state index contributed by atoms with van der Waals surface area (Å²) in [5.41, 5.74) is -4.36. The first-order chi connectivity index (χ1) is 11.6. The largest absolute Gasteiger partial charge is 0.416 e. The van der Waals surface area contributed by atoms with E-state index in [1.54, 1.807) is 0 Å². The Kier molecular flexibility index (Phi) is 7.67. The number of alkyl halides is 7. The van der Waals surface area contributed by atoms with Crippen LogP contribution < -0.4 is 5.32 Å². The van der Waals surface area contributed by atoms with Crippen LogP contribution in [0, 0.1) is 5.82 Å². The summed E-state index contributed by atoms with van der Waals surface area (Å²) in [6.45, 7) is 0.274. The number of piperazine rings is 1. The lowest BCUT2D eigenvalue weighted by Gasteiger charge is -2.36. The van der Waals surface area contributed by atoms with Crippen molar-refractivity contribution < 1.29 is 35.1 Å². The smallest absolute Gasteiger partial charge is 0.314 e. The third-order valence-corrected chi connectivity index (χ3v) is 4.07. The molecule has 1 aromatic carbocycles. The minimum absolute atomic E-state index is 0. The summed E-state index contributed by atoms with van der Waals surface area (Å²) in [5.74, 6) is -1.63. The van der Waals surface area contributed by atoms with Crippen molar-refractivity contribution in [3.63, 3.8) is 0 Å². The Morgan fingerprint density at radius 2 is 1.58 bits per heavy atom. The van der Waals surface area contributed by atoms with Crippen LogP contribution in [0.1, 0.15) is 29.2 Å². The quantitative estimate of drug-likeness (QED) is 0.728. The fourth-order valence-electron chi connectivity index (χ4n) is 2.96. The topological polar surface area (TPSA) is 15.3 Å². The van der Waals surface area contributed by atoms with Crippen molar-refractivity contribution in [3.05, 3.63) is 34.6 Å². The third-order valence-electron chi connectivity index (χ3n) is 4.07. The number of hydrogen-bond acceptors (Lipinski definition) is 2. The second kappa shape index (κ2) is 8.71. The Bertz CT molecular complexity index is 597. The summed E-state index contributed by atoms with van der Waals surface area (Å²) < 4.78 is 105. The predicted octanol–water partition coefficient (Wildman–Crippen LogP) is 4.59. The van der Waals surface area contributed by atoms with Crippen LogP contribution in [0.25, 0.3) is 0 Å². The van der Waals surface area contributed by atoms with E-state index in [0.717, 1.165) is 0 Å². The fraction of sp³-hybridized carbons (Fsp3) is 0.600. The van der Waals surface area contributed by atoms with E-state index in [0.29, 0.717) is 13.1 Å². The molecule has 0 aromatic heterocycles. The predicted molar refractivity (Wildman–Crippen MR) is 81.4 cm³/mol. The summed E-state index contributed by atoms with van der Waals surface area (Å²) >= 11 is 0. The van der Waals surface area contributed by atoms with E-state index in [1.165, 1.54) is 4.90 Å². The van der Waals surface area contributed by atoms with Gasteiger partial charge in [0.1, 0.15) is 5.82 Å². The monoisotopic (exact) mass is 412 g/mol. The van der Waals surface area contributed by atoms with Crippen LogP contribution in [0.2, 0.25) is 0 Å². The molecule has 1 saturated heterocycles. The zero-order valence-electron chi connectivity index (χ0n) is 13.4. The Morgan fingerprint density at radius 1 is 1.00 bits per heavy atom. The van der Waals surface area contributed by atoms with Crippen molar-refractivity contribution >= 4 is 12.4 Å². The standard InChI is InChI=1S/C15H16F8N2.ClH/c16-2-1-12(25-5-3-24-4-6-25)13-10(15(21,22)23)7-9(8-11(13)17)14(18,19)20;/h7-8,12,24H,1-6H2;1H/t12-;/m0./s1. The lowest BCUT2D eigenvalue weighted by molar-refractivity contribution is -0.144. The van der Waals surface area contributed by atoms with Gasteiger partial charge in [0.2, 0.25) is 0 Å². The molecule has 0 amide bonds. The highest BCUT2D eigenvalue weighted by molar-refractivity contribution is 5.85. The summed E-state index contributed by atoms with van der Waals surface area (Å²) in [4.78, 5) is 1.46. The number of nitrogens with zero attached hydrogens (tertiary/aromatic N) is 1. The van der Waals surface area contributed by atoms with Crippen LogP contribution in [-0.4, -0.2) is 37.8 Å². The summed E-state index contributed by atoms with van der Waals surface area (Å²) in [5, 5.41) is 2.95. The van der Waals surface area contributed by atoms with Crippen molar-refractivity contribution in [1.29, 1.82) is 0 Å². The first-order valence-electron chi connectivity index (χ1n) is 7.54. The number of nitrogens with one attached hydrogen (secondary N) is 1. The normalized spacial score (nSPS) is 17.7. The highest BCUT2D eigenvalue weighted by atomic mass is 35.5. The Labute approximate surface area is 150 Å². The molecular weight excluding hydrogens is 396 g/mol. The molecule has 150 valence electrons. The molecule has 11 heteroatoms. The van der Waals surface area contributed by atoms with Crippen LogP contribution in [0.15, 0.2) is 12.1 Å². The van der Waals surface area contributed by atoms with Gasteiger partial charge in [-0.05, 0) is 18.6 Å². The first-order valence-corrected chi connectivity index (χ1v) is 7.54. The summed E-state index contributed by atoms with van der Waals surface area (Å²) in [7, 11) is 0. The highest BCUT2D eigenvalue weighted by Gasteiger charge is 2.42. The van der Waals surface area contributed by atoms with Gasteiger partial charge in [0.15, 0.2) is 0 Å². The van der Waals surface area contributed by atoms with Crippen molar-refractivity contribution in [2.24, 2.45) is 0 Å². The number of hydrogen-bond donors (Lipinski definition) is 1. The van der Waals surface area contributed by atoms with Crippen LogP contribution in [-0.2, 0) is 12.4 Å². The Balaban J connectivity index is 0.00000338. The molecule has 1 atom stereocenters. The van der Waals surface area contributed by atoms with E-state index >= 15 is 0 Å². The van der Waals surface area contributed by atoms with E-state index in [1.807, 2.05) is 0 Å². The summed E-state index contributed by atoms with van der Waals surface area (Å²) in [6, 6.07) is -1.35. The lowest BCUT2D eigenvalue weighted by Crippen LogP contribution is -2.45. The van der Waals surface area contributed by atoms with Crippen molar-refractivity contribution in [1.82, 2.24) is 10.2 Å². The lowest BCUT2D eigenvalue weighted by atomic mass is 9.93. The highest BCUT2D eigenvalue weighted by Crippen LogP contribution is 2.42. The van der Waals surface area contributed by atoms with Gasteiger partial charge in [-0.2, -0.15) is 26.3 Å². The van der Waals surface area contributed by atoms with Gasteiger partial charge in [0.05, 0.1) is 17.8 Å². The molecule has 0 unspecified atom stereocenters. The second-order valence-electron chi connectivity index (χ2n) is 5.69. The summed E-state index contributed by atoms with van der Waals surface area (Å²) in [6.07, 6.45) is -10.8. The van der Waals surface area contributed by atoms with Gasteiger partial charge in [-0.25, -0.2) is 4.39 Å². The molecule has 26 heavy (non-hydrogen) atoms. The van der Waals surface area contributed by atoms with Crippen LogP contribution >= 0.6 is 12.4 Å². The van der Waals surface area contributed by atoms with E-state index in [9.17, 15) is 35.1 Å². The Morgan fingerprint density at radius 3 is 2.04 bits per heavy atom. The molecule has 0 bridgehead atoms. The van der Waals surface area contributed by atoms with Gasteiger partial charge in [-0.15, -0.1) is 12.4 Å². The molecule has 1 aliphatic rings. The molecule has 1 aromatic rings. The van der Waals surface area contributed by atoms with Gasteiger partial charge in [-0.3, -0.25) is 9.29 Å². The molecule has 1 aliphatic heterocycles. The maximum atomic E-state index is 14.3. The minimum atomic E-state index is -5.19. The van der Waals surface area contributed by atoms with Crippen molar-refractivity contribution in [3.8, 4) is 0 Å². The average Bonchev–Trinajstić information content (AvgIpc) is 2.51. The number of benzene rings is 1. The van der Waals surface area contributed by atoms with Gasteiger partial charge in [-0.1, -0.05) is 0 Å². The molecule has 0 aliphatic carbocycles. The third kappa shape index (κ3) is 5.20. The molecule has 1 N–H and O–H groups in total. The number of rotatable bonds is 4. The van der Waals surface area contributed by atoms with Gasteiger partial charge in [0, 0.05) is 37.8 Å². The van der Waals surface area contributed by atoms with Gasteiger partial charge >= 0.3 is 12.4 Å². The SMILES string of the molecule is Cl.FCC[C@@H](c1c(F)cc(C(F)(F)F)cc1C(F)(F)F)N1CCNCC1. The zero-order chi connectivity index (χ0) is 18.8. The molecule has 1 heterocycles. The van der Waals surface area contributed by atoms with Crippen LogP contribution in [0.5, 0.6) is 0 Å². The van der Waals surface area contributed by atoms with Crippen molar-refractivity contribution in [2.75, 3.05) is 32.9 Å². The molecule has 2 rings (SSSR count). The maximum Gasteiger partial charge on any atom is 0.416 e. The van der Waals surface area contributed by atoms with Gasteiger partial charge in [0.25, 0.3) is 0 Å².